The van der Waals surface area contributed by atoms with Gasteiger partial charge in [0.15, 0.2) is 0 Å². The number of carbonyl (C=O) groups is 1. The second-order valence-corrected chi connectivity index (χ2v) is 6.69. The Morgan fingerprint density at radius 1 is 1.52 bits per heavy atom. The number of aliphatic hydroxyl groups is 1. The fourth-order valence-corrected chi connectivity index (χ4v) is 2.87. The summed E-state index contributed by atoms with van der Waals surface area (Å²) in [6, 6.07) is 6.49. The molecule has 0 radical (unpaired) electrons. The van der Waals surface area contributed by atoms with Crippen molar-refractivity contribution in [1.29, 1.82) is 0 Å². The van der Waals surface area contributed by atoms with E-state index in [4.69, 9.17) is 16.0 Å². The van der Waals surface area contributed by atoms with Crippen LogP contribution in [0.3, 0.4) is 0 Å². The van der Waals surface area contributed by atoms with Crippen LogP contribution in [0.5, 0.6) is 0 Å². The number of furan rings is 1. The quantitative estimate of drug-likeness (QED) is 0.788. The van der Waals surface area contributed by atoms with E-state index in [0.717, 1.165) is 4.88 Å². The van der Waals surface area contributed by atoms with Crippen LogP contribution in [0.15, 0.2) is 34.9 Å². The van der Waals surface area contributed by atoms with Gasteiger partial charge in [0.1, 0.15) is 11.4 Å². The highest BCUT2D eigenvalue weighted by Gasteiger charge is 2.27. The first-order valence-electron chi connectivity index (χ1n) is 6.44. The van der Waals surface area contributed by atoms with Crippen LogP contribution in [0.2, 0.25) is 4.34 Å². The Balaban J connectivity index is 1.85. The molecule has 5 nitrogen and oxygen atoms in total. The molecule has 0 spiro atoms. The van der Waals surface area contributed by atoms with E-state index in [0.29, 0.717) is 10.1 Å². The molecule has 2 heterocycles. The summed E-state index contributed by atoms with van der Waals surface area (Å²) in [4.78, 5) is 12.8. The Bertz CT molecular complexity index is 595. The van der Waals surface area contributed by atoms with Crippen LogP contribution in [0, 0.1) is 0 Å². The highest BCUT2D eigenvalue weighted by Crippen LogP contribution is 2.26. The lowest BCUT2D eigenvalue weighted by Gasteiger charge is -2.22. The number of hydrogen-bond donors (Lipinski definition) is 3. The lowest BCUT2D eigenvalue weighted by Crippen LogP contribution is -2.43. The molecule has 0 aliphatic carbocycles. The van der Waals surface area contributed by atoms with Gasteiger partial charge in [0.2, 0.25) is 0 Å². The Kier molecular flexibility index (Phi) is 4.92. The standard InChI is InChI=1S/C14H17ClN2O3S/c1-9(10-5-6-12(15)21-10)17-13(18)16-8-14(2,19)11-4-3-7-20-11/h3-7,9,19H,8H2,1-2H3,(H2,16,17,18). The van der Waals surface area contributed by atoms with Gasteiger partial charge >= 0.3 is 6.03 Å². The molecule has 0 aliphatic rings. The lowest BCUT2D eigenvalue weighted by atomic mass is 10.0. The van der Waals surface area contributed by atoms with Gasteiger partial charge in [-0.15, -0.1) is 11.3 Å². The number of amides is 2. The minimum atomic E-state index is -1.25. The molecule has 3 N–H and O–H groups in total. The van der Waals surface area contributed by atoms with Crippen molar-refractivity contribution < 1.29 is 14.3 Å². The van der Waals surface area contributed by atoms with E-state index in [1.807, 2.05) is 13.0 Å². The molecular weight excluding hydrogens is 312 g/mol. The summed E-state index contributed by atoms with van der Waals surface area (Å²) < 4.78 is 5.83. The van der Waals surface area contributed by atoms with E-state index in [-0.39, 0.29) is 18.6 Å². The number of nitrogens with one attached hydrogen (secondary N) is 2. The lowest BCUT2D eigenvalue weighted by molar-refractivity contribution is 0.0367. The maximum absolute atomic E-state index is 11.9. The molecule has 2 atom stereocenters. The molecule has 0 aliphatic heterocycles. The molecule has 2 amide bonds. The molecule has 21 heavy (non-hydrogen) atoms. The van der Waals surface area contributed by atoms with Gasteiger partial charge in [-0.2, -0.15) is 0 Å². The summed E-state index contributed by atoms with van der Waals surface area (Å²) in [5, 5.41) is 15.6. The van der Waals surface area contributed by atoms with Gasteiger partial charge in [-0.3, -0.25) is 0 Å². The molecular formula is C14H17ClN2O3S. The molecule has 2 aromatic rings. The van der Waals surface area contributed by atoms with Crippen LogP contribution in [-0.2, 0) is 5.60 Å². The maximum Gasteiger partial charge on any atom is 0.315 e. The van der Waals surface area contributed by atoms with Crippen molar-refractivity contribution in [3.8, 4) is 0 Å². The Morgan fingerprint density at radius 2 is 2.29 bits per heavy atom. The van der Waals surface area contributed by atoms with Gasteiger partial charge in [-0.25, -0.2) is 4.79 Å². The molecule has 2 aromatic heterocycles. The SMILES string of the molecule is CC(NC(=O)NCC(C)(O)c1ccco1)c1ccc(Cl)s1. The number of hydrogen-bond acceptors (Lipinski definition) is 4. The van der Waals surface area contributed by atoms with Crippen molar-refractivity contribution in [2.75, 3.05) is 6.54 Å². The van der Waals surface area contributed by atoms with Gasteiger partial charge < -0.3 is 20.2 Å². The van der Waals surface area contributed by atoms with E-state index < -0.39 is 5.60 Å². The first-order chi connectivity index (χ1) is 9.88. The zero-order chi connectivity index (χ0) is 15.5. The smallest absolute Gasteiger partial charge is 0.315 e. The normalized spacial score (nSPS) is 15.2. The monoisotopic (exact) mass is 328 g/mol. The number of carbonyl (C=O) groups excluding carboxylic acids is 1. The van der Waals surface area contributed by atoms with Crippen molar-refractivity contribution in [3.05, 3.63) is 45.5 Å². The minimum Gasteiger partial charge on any atom is -0.466 e. The van der Waals surface area contributed by atoms with Gasteiger partial charge in [0.25, 0.3) is 0 Å². The van der Waals surface area contributed by atoms with Crippen molar-refractivity contribution in [3.63, 3.8) is 0 Å². The van der Waals surface area contributed by atoms with Gasteiger partial charge in [0.05, 0.1) is 23.2 Å². The van der Waals surface area contributed by atoms with Crippen molar-refractivity contribution >= 4 is 29.0 Å². The number of rotatable bonds is 5. The van der Waals surface area contributed by atoms with E-state index in [1.165, 1.54) is 17.6 Å². The molecule has 2 rings (SSSR count). The van der Waals surface area contributed by atoms with E-state index in [9.17, 15) is 9.90 Å². The summed E-state index contributed by atoms with van der Waals surface area (Å²) in [5.74, 6) is 0.404. The third-order valence-corrected chi connectivity index (χ3v) is 4.43. The topological polar surface area (TPSA) is 74.5 Å². The molecule has 0 saturated carbocycles. The molecule has 2 unspecified atom stereocenters. The molecule has 0 saturated heterocycles. The second kappa shape index (κ2) is 6.51. The first kappa shape index (κ1) is 15.9. The number of thiophene rings is 1. The average Bonchev–Trinajstić information content (AvgIpc) is 3.07. The molecule has 7 heteroatoms. The van der Waals surface area contributed by atoms with Gasteiger partial charge in [-0.1, -0.05) is 11.6 Å². The van der Waals surface area contributed by atoms with Crippen LogP contribution in [0.4, 0.5) is 4.79 Å². The largest absolute Gasteiger partial charge is 0.466 e. The third-order valence-electron chi connectivity index (χ3n) is 3.01. The molecule has 0 bridgehead atoms. The van der Waals surface area contributed by atoms with Gasteiger partial charge in [0, 0.05) is 4.88 Å². The number of halogens is 1. The fourth-order valence-electron chi connectivity index (χ4n) is 1.80. The van der Waals surface area contributed by atoms with Crippen LogP contribution in [-0.4, -0.2) is 17.7 Å². The van der Waals surface area contributed by atoms with Crippen LogP contribution in [0.25, 0.3) is 0 Å². The third kappa shape index (κ3) is 4.23. The molecule has 0 fully saturated rings. The van der Waals surface area contributed by atoms with Crippen molar-refractivity contribution in [1.82, 2.24) is 10.6 Å². The first-order valence-corrected chi connectivity index (χ1v) is 7.64. The minimum absolute atomic E-state index is 0.0459. The highest BCUT2D eigenvalue weighted by atomic mass is 35.5. The highest BCUT2D eigenvalue weighted by molar-refractivity contribution is 7.16. The van der Waals surface area contributed by atoms with Crippen LogP contribution in [0.1, 0.15) is 30.5 Å². The molecule has 114 valence electrons. The summed E-state index contributed by atoms with van der Waals surface area (Å²) in [6.45, 7) is 3.49. The van der Waals surface area contributed by atoms with E-state index in [1.54, 1.807) is 25.1 Å². The Morgan fingerprint density at radius 3 is 2.86 bits per heavy atom. The van der Waals surface area contributed by atoms with E-state index in [2.05, 4.69) is 10.6 Å². The predicted octanol–water partition coefficient (Wildman–Crippen LogP) is 3.26. The summed E-state index contributed by atoms with van der Waals surface area (Å²) >= 11 is 7.28. The second-order valence-electron chi connectivity index (χ2n) is 4.94. The summed E-state index contributed by atoms with van der Waals surface area (Å²) in [6.07, 6.45) is 1.48. The van der Waals surface area contributed by atoms with Crippen molar-refractivity contribution in [2.45, 2.75) is 25.5 Å². The van der Waals surface area contributed by atoms with Crippen molar-refractivity contribution in [2.24, 2.45) is 0 Å². The Labute approximate surface area is 131 Å². The summed E-state index contributed by atoms with van der Waals surface area (Å²) in [7, 11) is 0. The summed E-state index contributed by atoms with van der Waals surface area (Å²) in [5.41, 5.74) is -1.25. The number of urea groups is 1. The maximum atomic E-state index is 11.9. The van der Waals surface area contributed by atoms with Gasteiger partial charge in [-0.05, 0) is 38.1 Å². The fraction of sp³-hybridized carbons (Fsp3) is 0.357. The average molecular weight is 329 g/mol. The van der Waals surface area contributed by atoms with E-state index >= 15 is 0 Å². The zero-order valence-corrected chi connectivity index (χ0v) is 13.3. The molecule has 0 aromatic carbocycles. The van der Waals surface area contributed by atoms with Crippen LogP contribution < -0.4 is 10.6 Å². The predicted molar refractivity (Wildman–Crippen MR) is 82.6 cm³/mol. The van der Waals surface area contributed by atoms with Crippen LogP contribution >= 0.6 is 22.9 Å². The Hall–Kier alpha value is -1.50. The zero-order valence-electron chi connectivity index (χ0n) is 11.7.